The van der Waals surface area contributed by atoms with Crippen molar-refractivity contribution in [2.24, 2.45) is 5.92 Å². The summed E-state index contributed by atoms with van der Waals surface area (Å²) in [4.78, 5) is 22.4. The average molecular weight is 219 g/mol. The molecule has 4 heteroatoms. The average Bonchev–Trinajstić information content (AvgIpc) is 2.27. The van der Waals surface area contributed by atoms with E-state index in [-0.39, 0.29) is 6.42 Å². The summed E-state index contributed by atoms with van der Waals surface area (Å²) >= 11 is 0. The normalized spacial score (nSPS) is 18.8. The van der Waals surface area contributed by atoms with Gasteiger partial charge in [0, 0.05) is 5.69 Å². The van der Waals surface area contributed by atoms with Gasteiger partial charge in [-0.3, -0.25) is 9.59 Å². The molecule has 1 aliphatic rings. The van der Waals surface area contributed by atoms with E-state index in [9.17, 15) is 9.59 Å². The summed E-state index contributed by atoms with van der Waals surface area (Å²) in [6, 6.07) is 5.71. The molecule has 1 atom stereocenters. The molecule has 1 heterocycles. The lowest BCUT2D eigenvalue weighted by atomic mass is 9.91. The fourth-order valence-electron chi connectivity index (χ4n) is 2.00. The predicted molar refractivity (Wildman–Crippen MR) is 59.3 cm³/mol. The van der Waals surface area contributed by atoms with Crippen LogP contribution in [0, 0.1) is 5.92 Å². The molecule has 0 radical (unpaired) electrons. The molecule has 1 aromatic rings. The lowest BCUT2D eigenvalue weighted by molar-refractivity contribution is -0.145. The van der Waals surface area contributed by atoms with Gasteiger partial charge in [-0.2, -0.15) is 0 Å². The van der Waals surface area contributed by atoms with Gasteiger partial charge >= 0.3 is 5.97 Å². The molecule has 0 spiro atoms. The van der Waals surface area contributed by atoms with Crippen LogP contribution in [0.15, 0.2) is 18.2 Å². The fraction of sp³-hybridized carbons (Fsp3) is 0.333. The smallest absolute Gasteiger partial charge is 0.316 e. The van der Waals surface area contributed by atoms with E-state index in [1.54, 1.807) is 0 Å². The standard InChI is InChI=1S/C12H13NO3/c1-2-7-4-3-5-8-6-9(12(15)16)11(14)13-10(7)8/h3-5,9H,2,6H2,1H3,(H,13,14)(H,15,16). The molecule has 1 unspecified atom stereocenters. The first-order chi connectivity index (χ1) is 7.63. The van der Waals surface area contributed by atoms with E-state index in [1.807, 2.05) is 25.1 Å². The number of hydrogen-bond acceptors (Lipinski definition) is 2. The molecule has 0 fully saturated rings. The number of carboxylic acids is 1. The number of nitrogens with one attached hydrogen (secondary N) is 1. The number of hydrogen-bond donors (Lipinski definition) is 2. The van der Waals surface area contributed by atoms with Crippen molar-refractivity contribution in [3.05, 3.63) is 29.3 Å². The Bertz CT molecular complexity index is 454. The van der Waals surface area contributed by atoms with Crippen molar-refractivity contribution in [2.75, 3.05) is 5.32 Å². The summed E-state index contributed by atoms with van der Waals surface area (Å²) in [5, 5.41) is 11.6. The van der Waals surface area contributed by atoms with Gasteiger partial charge in [0.2, 0.25) is 5.91 Å². The van der Waals surface area contributed by atoms with Crippen molar-refractivity contribution in [1.82, 2.24) is 0 Å². The minimum absolute atomic E-state index is 0.282. The number of carbonyl (C=O) groups excluding carboxylic acids is 1. The maximum Gasteiger partial charge on any atom is 0.316 e. The molecule has 1 aromatic carbocycles. The number of carbonyl (C=O) groups is 2. The molecular weight excluding hydrogens is 206 g/mol. The second-order valence-corrected chi connectivity index (χ2v) is 3.89. The first-order valence-electron chi connectivity index (χ1n) is 5.28. The van der Waals surface area contributed by atoms with Crippen LogP contribution in [0.4, 0.5) is 5.69 Å². The maximum atomic E-state index is 11.6. The van der Waals surface area contributed by atoms with Gasteiger partial charge in [-0.05, 0) is 24.0 Å². The Morgan fingerprint density at radius 1 is 1.56 bits per heavy atom. The lowest BCUT2D eigenvalue weighted by Crippen LogP contribution is -2.35. The van der Waals surface area contributed by atoms with E-state index in [0.717, 1.165) is 23.2 Å². The third-order valence-electron chi connectivity index (χ3n) is 2.90. The molecule has 0 aliphatic carbocycles. The number of anilines is 1. The van der Waals surface area contributed by atoms with E-state index < -0.39 is 17.8 Å². The van der Waals surface area contributed by atoms with Crippen LogP contribution >= 0.6 is 0 Å². The lowest BCUT2D eigenvalue weighted by Gasteiger charge is -2.23. The molecule has 2 rings (SSSR count). The third kappa shape index (κ3) is 1.66. The van der Waals surface area contributed by atoms with Gasteiger partial charge in [0.05, 0.1) is 0 Å². The number of benzene rings is 1. The molecule has 0 bridgehead atoms. The van der Waals surface area contributed by atoms with Crippen LogP contribution in [0.1, 0.15) is 18.1 Å². The molecule has 0 aromatic heterocycles. The number of rotatable bonds is 2. The second kappa shape index (κ2) is 3.96. The highest BCUT2D eigenvalue weighted by Gasteiger charge is 2.32. The van der Waals surface area contributed by atoms with Crippen molar-refractivity contribution in [2.45, 2.75) is 19.8 Å². The van der Waals surface area contributed by atoms with Gasteiger partial charge in [0.25, 0.3) is 0 Å². The maximum absolute atomic E-state index is 11.6. The van der Waals surface area contributed by atoms with Gasteiger partial charge in [0.1, 0.15) is 5.92 Å². The highest BCUT2D eigenvalue weighted by Crippen LogP contribution is 2.29. The van der Waals surface area contributed by atoms with Crippen molar-refractivity contribution in [3.63, 3.8) is 0 Å². The zero-order valence-corrected chi connectivity index (χ0v) is 8.99. The summed E-state index contributed by atoms with van der Waals surface area (Å²) in [6.45, 7) is 2.01. The van der Waals surface area contributed by atoms with Crippen LogP contribution in [0.2, 0.25) is 0 Å². The number of aryl methyl sites for hydroxylation is 1. The number of carboxylic acid groups (broad SMARTS) is 1. The van der Waals surface area contributed by atoms with E-state index in [2.05, 4.69) is 5.32 Å². The van der Waals surface area contributed by atoms with Crippen molar-refractivity contribution in [3.8, 4) is 0 Å². The molecule has 1 amide bonds. The highest BCUT2D eigenvalue weighted by molar-refractivity contribution is 6.07. The van der Waals surface area contributed by atoms with Crippen LogP contribution in [-0.2, 0) is 22.4 Å². The Hall–Kier alpha value is -1.84. The molecule has 0 saturated carbocycles. The van der Waals surface area contributed by atoms with Crippen LogP contribution in [-0.4, -0.2) is 17.0 Å². The third-order valence-corrected chi connectivity index (χ3v) is 2.90. The van der Waals surface area contributed by atoms with Crippen molar-refractivity contribution < 1.29 is 14.7 Å². The first kappa shape index (κ1) is 10.7. The minimum atomic E-state index is -1.06. The zero-order chi connectivity index (χ0) is 11.7. The summed E-state index contributed by atoms with van der Waals surface area (Å²) in [5.41, 5.74) is 2.76. The molecule has 0 saturated heterocycles. The quantitative estimate of drug-likeness (QED) is 0.740. The van der Waals surface area contributed by atoms with E-state index in [1.165, 1.54) is 0 Å². The largest absolute Gasteiger partial charge is 0.481 e. The molecule has 2 N–H and O–H groups in total. The van der Waals surface area contributed by atoms with Crippen LogP contribution in [0.5, 0.6) is 0 Å². The van der Waals surface area contributed by atoms with Crippen molar-refractivity contribution in [1.29, 1.82) is 0 Å². The molecular formula is C12H13NO3. The van der Waals surface area contributed by atoms with Gasteiger partial charge in [-0.1, -0.05) is 25.1 Å². The molecule has 84 valence electrons. The Morgan fingerprint density at radius 3 is 2.94 bits per heavy atom. The SMILES string of the molecule is CCc1cccc2c1NC(=O)C(C(=O)O)C2. The van der Waals surface area contributed by atoms with Gasteiger partial charge in [-0.15, -0.1) is 0 Å². The van der Waals surface area contributed by atoms with Gasteiger partial charge < -0.3 is 10.4 Å². The van der Waals surface area contributed by atoms with Crippen LogP contribution in [0.25, 0.3) is 0 Å². The molecule has 1 aliphatic heterocycles. The second-order valence-electron chi connectivity index (χ2n) is 3.89. The number of aliphatic carboxylic acids is 1. The predicted octanol–water partition coefficient (Wildman–Crippen LogP) is 1.44. The van der Waals surface area contributed by atoms with Crippen molar-refractivity contribution >= 4 is 17.6 Å². The Kier molecular flexibility index (Phi) is 2.64. The van der Waals surface area contributed by atoms with Crippen LogP contribution in [0.3, 0.4) is 0 Å². The minimum Gasteiger partial charge on any atom is -0.481 e. The van der Waals surface area contributed by atoms with E-state index in [4.69, 9.17) is 5.11 Å². The fourth-order valence-corrected chi connectivity index (χ4v) is 2.00. The van der Waals surface area contributed by atoms with Gasteiger partial charge in [-0.25, -0.2) is 0 Å². The monoisotopic (exact) mass is 219 g/mol. The summed E-state index contributed by atoms with van der Waals surface area (Å²) < 4.78 is 0. The first-order valence-corrected chi connectivity index (χ1v) is 5.28. The van der Waals surface area contributed by atoms with E-state index in [0.29, 0.717) is 0 Å². The number of fused-ring (bicyclic) bond motifs is 1. The molecule has 4 nitrogen and oxygen atoms in total. The number of amides is 1. The Morgan fingerprint density at radius 2 is 2.31 bits per heavy atom. The highest BCUT2D eigenvalue weighted by atomic mass is 16.4. The number of para-hydroxylation sites is 1. The Labute approximate surface area is 93.3 Å². The van der Waals surface area contributed by atoms with E-state index >= 15 is 0 Å². The summed E-state index contributed by atoms with van der Waals surface area (Å²) in [7, 11) is 0. The van der Waals surface area contributed by atoms with Gasteiger partial charge in [0.15, 0.2) is 0 Å². The topological polar surface area (TPSA) is 66.4 Å². The summed E-state index contributed by atoms with van der Waals surface area (Å²) in [6.07, 6.45) is 1.10. The molecule has 16 heavy (non-hydrogen) atoms. The van der Waals surface area contributed by atoms with Crippen LogP contribution < -0.4 is 5.32 Å². The Balaban J connectivity index is 2.42. The summed E-state index contributed by atoms with van der Waals surface area (Å²) in [5.74, 6) is -2.44. The zero-order valence-electron chi connectivity index (χ0n) is 8.99.